The van der Waals surface area contributed by atoms with E-state index in [9.17, 15) is 14.0 Å². The minimum Gasteiger partial charge on any atom is -0.373 e. The standard InChI is InChI=1S/C29H30FN3O2S/c1-18(2)32-15-13-21(14-16-32)31-28-26(27(35)20-9-11-24(30)19(3)17-20)23-10-12-25(34)33(29(23)36-28)22-7-5-4-6-8-22/h4-12,17-18,21,31H,13-16H2,1-3H3. The summed E-state index contributed by atoms with van der Waals surface area (Å²) < 4.78 is 15.6. The van der Waals surface area contributed by atoms with E-state index in [4.69, 9.17) is 0 Å². The minimum absolute atomic E-state index is 0.150. The summed E-state index contributed by atoms with van der Waals surface area (Å²) in [6, 6.07) is 17.9. The number of para-hydroxylation sites is 1. The summed E-state index contributed by atoms with van der Waals surface area (Å²) >= 11 is 1.43. The average molecular weight is 504 g/mol. The minimum atomic E-state index is -0.338. The molecule has 7 heteroatoms. The first-order chi connectivity index (χ1) is 17.3. The number of rotatable bonds is 6. The van der Waals surface area contributed by atoms with Crippen molar-refractivity contribution in [2.24, 2.45) is 0 Å². The number of hydrogen-bond donors (Lipinski definition) is 1. The van der Waals surface area contributed by atoms with Crippen LogP contribution >= 0.6 is 11.3 Å². The van der Waals surface area contributed by atoms with Crippen LogP contribution < -0.4 is 10.9 Å². The summed E-state index contributed by atoms with van der Waals surface area (Å²) in [5.74, 6) is -0.514. The Morgan fingerprint density at radius 1 is 1.06 bits per heavy atom. The van der Waals surface area contributed by atoms with Crippen molar-refractivity contribution in [1.82, 2.24) is 9.47 Å². The number of thiophene rings is 1. The SMILES string of the molecule is Cc1cc(C(=O)c2c(NC3CCN(C(C)C)CC3)sc3c2ccc(=O)n3-c2ccccc2)ccc1F. The Hall–Kier alpha value is -3.29. The van der Waals surface area contributed by atoms with Crippen LogP contribution in [0.4, 0.5) is 9.39 Å². The Labute approximate surface area is 214 Å². The highest BCUT2D eigenvalue weighted by molar-refractivity contribution is 7.23. The van der Waals surface area contributed by atoms with Gasteiger partial charge in [0.1, 0.15) is 15.6 Å². The van der Waals surface area contributed by atoms with E-state index >= 15 is 0 Å². The molecule has 0 aliphatic carbocycles. The molecule has 186 valence electrons. The molecule has 3 heterocycles. The number of anilines is 1. The second-order valence-electron chi connectivity index (χ2n) is 9.71. The fraction of sp³-hybridized carbons (Fsp3) is 0.310. The molecule has 0 radical (unpaired) electrons. The molecule has 0 unspecified atom stereocenters. The van der Waals surface area contributed by atoms with Gasteiger partial charge in [0.05, 0.1) is 11.3 Å². The predicted molar refractivity (Wildman–Crippen MR) is 145 cm³/mol. The van der Waals surface area contributed by atoms with Gasteiger partial charge in [-0.15, -0.1) is 0 Å². The molecule has 0 amide bonds. The van der Waals surface area contributed by atoms with Crippen LogP contribution in [0.15, 0.2) is 65.5 Å². The number of halogens is 1. The lowest BCUT2D eigenvalue weighted by Crippen LogP contribution is -2.42. The van der Waals surface area contributed by atoms with Crippen molar-refractivity contribution in [2.75, 3.05) is 18.4 Å². The van der Waals surface area contributed by atoms with Gasteiger partial charge in [0.2, 0.25) is 0 Å². The highest BCUT2D eigenvalue weighted by Crippen LogP contribution is 2.38. The van der Waals surface area contributed by atoms with Gasteiger partial charge in [-0.3, -0.25) is 14.2 Å². The van der Waals surface area contributed by atoms with Crippen molar-refractivity contribution in [3.8, 4) is 5.69 Å². The van der Waals surface area contributed by atoms with Crippen LogP contribution in [0.1, 0.15) is 48.2 Å². The third-order valence-corrected chi connectivity index (χ3v) is 8.12. The molecule has 2 aromatic carbocycles. The van der Waals surface area contributed by atoms with Gasteiger partial charge < -0.3 is 10.2 Å². The van der Waals surface area contributed by atoms with E-state index in [1.54, 1.807) is 23.6 Å². The predicted octanol–water partition coefficient (Wildman–Crippen LogP) is 6.02. The second kappa shape index (κ2) is 9.99. The maximum atomic E-state index is 14.0. The van der Waals surface area contributed by atoms with Crippen LogP contribution in [0.5, 0.6) is 0 Å². The molecular formula is C29H30FN3O2S. The fourth-order valence-corrected chi connectivity index (χ4v) is 6.20. The molecule has 0 saturated carbocycles. The fourth-order valence-electron chi connectivity index (χ4n) is 4.91. The maximum Gasteiger partial charge on any atom is 0.256 e. The molecule has 4 aromatic rings. The van der Waals surface area contributed by atoms with Crippen LogP contribution in [0.2, 0.25) is 0 Å². The number of likely N-dealkylation sites (tertiary alicyclic amines) is 1. The molecule has 5 rings (SSSR count). The Balaban J connectivity index is 1.63. The van der Waals surface area contributed by atoms with Crippen molar-refractivity contribution < 1.29 is 9.18 Å². The summed E-state index contributed by atoms with van der Waals surface area (Å²) in [4.78, 5) is 30.0. The first-order valence-corrected chi connectivity index (χ1v) is 13.2. The van der Waals surface area contributed by atoms with Crippen molar-refractivity contribution >= 4 is 32.3 Å². The summed E-state index contributed by atoms with van der Waals surface area (Å²) in [6.45, 7) is 8.07. The molecular weight excluding hydrogens is 473 g/mol. The van der Waals surface area contributed by atoms with E-state index in [-0.39, 0.29) is 23.2 Å². The lowest BCUT2D eigenvalue weighted by molar-refractivity contribution is 0.104. The lowest BCUT2D eigenvalue weighted by Gasteiger charge is -2.35. The zero-order chi connectivity index (χ0) is 25.4. The first kappa shape index (κ1) is 24.4. The van der Waals surface area contributed by atoms with Crippen LogP contribution in [-0.4, -0.2) is 40.4 Å². The Kier molecular flexibility index (Phi) is 6.77. The Morgan fingerprint density at radius 3 is 2.44 bits per heavy atom. The van der Waals surface area contributed by atoms with Crippen LogP contribution in [0, 0.1) is 12.7 Å². The molecule has 2 aromatic heterocycles. The zero-order valence-corrected chi connectivity index (χ0v) is 21.6. The molecule has 0 spiro atoms. The number of aromatic nitrogens is 1. The summed E-state index contributed by atoms with van der Waals surface area (Å²) in [5, 5.41) is 5.13. The maximum absolute atomic E-state index is 14.0. The number of nitrogens with one attached hydrogen (secondary N) is 1. The lowest BCUT2D eigenvalue weighted by atomic mass is 9.99. The number of carbonyl (C=O) groups excluding carboxylic acids is 1. The number of aryl methyl sites for hydroxylation is 1. The Bertz CT molecular complexity index is 1470. The molecule has 1 aliphatic rings. The Morgan fingerprint density at radius 2 is 1.78 bits per heavy atom. The van der Waals surface area contributed by atoms with Gasteiger partial charge in [-0.2, -0.15) is 0 Å². The number of benzene rings is 2. The molecule has 1 fully saturated rings. The van der Waals surface area contributed by atoms with E-state index in [1.807, 2.05) is 30.3 Å². The van der Waals surface area contributed by atoms with Gasteiger partial charge >= 0.3 is 0 Å². The molecule has 1 aliphatic heterocycles. The largest absolute Gasteiger partial charge is 0.373 e. The van der Waals surface area contributed by atoms with Crippen molar-refractivity contribution in [3.63, 3.8) is 0 Å². The van der Waals surface area contributed by atoms with E-state index < -0.39 is 0 Å². The highest BCUT2D eigenvalue weighted by Gasteiger charge is 2.27. The molecule has 1 N–H and O–H groups in total. The number of pyridine rings is 1. The molecule has 5 nitrogen and oxygen atoms in total. The third-order valence-electron chi connectivity index (χ3n) is 7.00. The van der Waals surface area contributed by atoms with Gasteiger partial charge in [0, 0.05) is 42.2 Å². The topological polar surface area (TPSA) is 54.3 Å². The van der Waals surface area contributed by atoms with Gasteiger partial charge in [0.15, 0.2) is 5.78 Å². The normalized spacial score (nSPS) is 15.0. The zero-order valence-electron chi connectivity index (χ0n) is 20.8. The molecule has 0 bridgehead atoms. The summed E-state index contributed by atoms with van der Waals surface area (Å²) in [6.07, 6.45) is 1.95. The van der Waals surface area contributed by atoms with Crippen molar-refractivity contribution in [1.29, 1.82) is 0 Å². The summed E-state index contributed by atoms with van der Waals surface area (Å²) in [5.41, 5.74) is 2.00. The van der Waals surface area contributed by atoms with Gasteiger partial charge in [-0.25, -0.2) is 4.39 Å². The van der Waals surface area contributed by atoms with Crippen molar-refractivity contribution in [2.45, 2.75) is 45.7 Å². The van der Waals surface area contributed by atoms with E-state index in [2.05, 4.69) is 24.1 Å². The smallest absolute Gasteiger partial charge is 0.256 e. The number of nitrogens with zero attached hydrogens (tertiary/aromatic N) is 2. The number of piperidine rings is 1. The van der Waals surface area contributed by atoms with Crippen LogP contribution in [0.3, 0.4) is 0 Å². The monoisotopic (exact) mass is 503 g/mol. The van der Waals surface area contributed by atoms with Gasteiger partial charge in [0.25, 0.3) is 5.56 Å². The van der Waals surface area contributed by atoms with Crippen molar-refractivity contribution in [3.05, 3.63) is 93.5 Å². The third kappa shape index (κ3) is 4.61. The summed E-state index contributed by atoms with van der Waals surface area (Å²) in [7, 11) is 0. The molecule has 36 heavy (non-hydrogen) atoms. The number of ketones is 1. The number of fused-ring (bicyclic) bond motifs is 1. The second-order valence-corrected chi connectivity index (χ2v) is 10.7. The van der Waals surface area contributed by atoms with E-state index in [1.165, 1.54) is 29.5 Å². The van der Waals surface area contributed by atoms with Crippen LogP contribution in [0.25, 0.3) is 15.9 Å². The molecule has 1 saturated heterocycles. The number of hydrogen-bond acceptors (Lipinski definition) is 5. The van der Waals surface area contributed by atoms with E-state index in [0.717, 1.165) is 46.8 Å². The molecule has 0 atom stereocenters. The van der Waals surface area contributed by atoms with E-state index in [0.29, 0.717) is 22.7 Å². The van der Waals surface area contributed by atoms with Gasteiger partial charge in [-0.1, -0.05) is 29.5 Å². The quantitative estimate of drug-likeness (QED) is 0.327. The first-order valence-electron chi connectivity index (χ1n) is 12.4. The van der Waals surface area contributed by atoms with Crippen LogP contribution in [-0.2, 0) is 0 Å². The highest BCUT2D eigenvalue weighted by atomic mass is 32.1. The average Bonchev–Trinajstić information content (AvgIpc) is 3.23. The van der Waals surface area contributed by atoms with Gasteiger partial charge in [-0.05, 0) is 75.6 Å². The number of carbonyl (C=O) groups is 1.